The van der Waals surface area contributed by atoms with Crippen molar-refractivity contribution in [1.82, 2.24) is 14.5 Å². The van der Waals surface area contributed by atoms with E-state index in [1.54, 1.807) is 25.1 Å². The lowest BCUT2D eigenvalue weighted by Gasteiger charge is -2.08. The number of benzene rings is 1. The minimum absolute atomic E-state index is 0.104. The van der Waals surface area contributed by atoms with Gasteiger partial charge in [0.2, 0.25) is 10.0 Å². The van der Waals surface area contributed by atoms with Crippen molar-refractivity contribution < 1.29 is 8.42 Å². The zero-order valence-electron chi connectivity index (χ0n) is 11.9. The number of nitrogens with zero attached hydrogens (tertiary/aromatic N) is 2. The van der Waals surface area contributed by atoms with Crippen LogP contribution in [0.4, 0.5) is 0 Å². The molecule has 0 spiro atoms. The summed E-state index contributed by atoms with van der Waals surface area (Å²) in [6, 6.07) is 9.69. The number of rotatable bonds is 5. The average molecular weight is 307 g/mol. The Balaban J connectivity index is 2.06. The lowest BCUT2D eigenvalue weighted by molar-refractivity contribution is 0.544. The molecule has 0 radical (unpaired) electrons. The fourth-order valence-corrected chi connectivity index (χ4v) is 2.99. The Kier molecular flexibility index (Phi) is 4.54. The van der Waals surface area contributed by atoms with Crippen LogP contribution in [0.3, 0.4) is 0 Å². The Morgan fingerprint density at radius 1 is 1.19 bits per heavy atom. The summed E-state index contributed by atoms with van der Waals surface area (Å²) in [5.74, 6) is 0. The Morgan fingerprint density at radius 2 is 1.95 bits per heavy atom. The van der Waals surface area contributed by atoms with Gasteiger partial charge in [-0.25, -0.2) is 17.8 Å². The molecule has 1 heterocycles. The molecule has 0 saturated carbocycles. The second kappa shape index (κ2) is 6.19. The van der Waals surface area contributed by atoms with Gasteiger partial charge < -0.3 is 0 Å². The van der Waals surface area contributed by atoms with Gasteiger partial charge in [-0.1, -0.05) is 12.1 Å². The molecule has 0 aliphatic heterocycles. The van der Waals surface area contributed by atoms with Gasteiger partial charge in [-0.2, -0.15) is 5.10 Å². The number of aryl methyl sites for hydroxylation is 2. The highest BCUT2D eigenvalue weighted by molar-refractivity contribution is 7.89. The summed E-state index contributed by atoms with van der Waals surface area (Å²) < 4.78 is 27.9. The van der Waals surface area contributed by atoms with Gasteiger partial charge in [0.15, 0.2) is 0 Å². The molecule has 1 aromatic heterocycles. The van der Waals surface area contributed by atoms with Crippen LogP contribution in [-0.4, -0.2) is 24.7 Å². The fourth-order valence-electron chi connectivity index (χ4n) is 1.86. The molecule has 1 aromatic carbocycles. The van der Waals surface area contributed by atoms with Crippen molar-refractivity contribution in [2.45, 2.75) is 25.3 Å². The largest absolute Gasteiger partial charge is 0.268 e. The maximum atomic E-state index is 12.1. The summed E-state index contributed by atoms with van der Waals surface area (Å²) in [6.45, 7) is 3.89. The van der Waals surface area contributed by atoms with Crippen molar-refractivity contribution in [3.8, 4) is 0 Å². The molecule has 112 valence electrons. The minimum atomic E-state index is -3.57. The standard InChI is InChI=1S/C14H17N3O3S/c1-11-4-3-5-13(10-11)21(19,20)15-8-9-17-14(18)7-6-12(2)16-17/h3-7,10,15H,8-9H2,1-2H3. The van der Waals surface area contributed by atoms with E-state index in [1.807, 2.05) is 13.0 Å². The van der Waals surface area contributed by atoms with Crippen molar-refractivity contribution in [2.75, 3.05) is 6.54 Å². The van der Waals surface area contributed by atoms with Crippen LogP contribution in [0.1, 0.15) is 11.3 Å². The predicted molar refractivity (Wildman–Crippen MR) is 79.6 cm³/mol. The van der Waals surface area contributed by atoms with Crippen LogP contribution in [0.5, 0.6) is 0 Å². The van der Waals surface area contributed by atoms with Crippen LogP contribution in [0.15, 0.2) is 46.1 Å². The Hall–Kier alpha value is -1.99. The molecule has 21 heavy (non-hydrogen) atoms. The molecule has 0 unspecified atom stereocenters. The number of aromatic nitrogens is 2. The van der Waals surface area contributed by atoms with Crippen molar-refractivity contribution >= 4 is 10.0 Å². The molecular weight excluding hydrogens is 290 g/mol. The number of hydrogen-bond acceptors (Lipinski definition) is 4. The molecule has 0 amide bonds. The highest BCUT2D eigenvalue weighted by Crippen LogP contribution is 2.10. The normalized spacial score (nSPS) is 11.5. The Morgan fingerprint density at radius 3 is 2.67 bits per heavy atom. The quantitative estimate of drug-likeness (QED) is 0.887. The summed E-state index contributed by atoms with van der Waals surface area (Å²) in [5.41, 5.74) is 1.32. The summed E-state index contributed by atoms with van der Waals surface area (Å²) >= 11 is 0. The molecule has 2 rings (SSSR count). The Bertz CT molecular complexity index is 797. The zero-order chi connectivity index (χ0) is 15.5. The van der Waals surface area contributed by atoms with E-state index in [4.69, 9.17) is 0 Å². The average Bonchev–Trinajstić information content (AvgIpc) is 2.42. The second-order valence-corrected chi connectivity index (χ2v) is 6.52. The van der Waals surface area contributed by atoms with Crippen LogP contribution in [0.25, 0.3) is 0 Å². The third-order valence-corrected chi connectivity index (χ3v) is 4.37. The summed E-state index contributed by atoms with van der Waals surface area (Å²) in [6.07, 6.45) is 0. The van der Waals surface area contributed by atoms with Gasteiger partial charge >= 0.3 is 0 Å². The molecule has 0 aliphatic rings. The van der Waals surface area contributed by atoms with Crippen LogP contribution in [0.2, 0.25) is 0 Å². The second-order valence-electron chi connectivity index (χ2n) is 4.75. The van der Waals surface area contributed by atoms with Gasteiger partial charge in [-0.05, 0) is 37.6 Å². The Labute approximate surface area is 123 Å². The van der Waals surface area contributed by atoms with Gasteiger partial charge in [0, 0.05) is 12.6 Å². The molecule has 0 saturated heterocycles. The molecule has 0 fully saturated rings. The molecular formula is C14H17N3O3S. The van der Waals surface area contributed by atoms with E-state index in [0.29, 0.717) is 5.69 Å². The van der Waals surface area contributed by atoms with Crippen molar-refractivity contribution in [2.24, 2.45) is 0 Å². The highest BCUT2D eigenvalue weighted by Gasteiger charge is 2.13. The predicted octanol–water partition coefficient (Wildman–Crippen LogP) is 0.839. The molecule has 0 atom stereocenters. The van der Waals surface area contributed by atoms with Gasteiger partial charge in [0.1, 0.15) is 0 Å². The van der Waals surface area contributed by atoms with E-state index in [0.717, 1.165) is 5.56 Å². The molecule has 0 aliphatic carbocycles. The van der Waals surface area contributed by atoms with Crippen molar-refractivity contribution in [3.63, 3.8) is 0 Å². The smallest absolute Gasteiger partial charge is 0.266 e. The first-order chi connectivity index (χ1) is 9.88. The summed E-state index contributed by atoms with van der Waals surface area (Å²) in [5, 5.41) is 4.05. The number of sulfonamides is 1. The highest BCUT2D eigenvalue weighted by atomic mass is 32.2. The van der Waals surface area contributed by atoms with Crippen LogP contribution >= 0.6 is 0 Å². The molecule has 7 heteroatoms. The molecule has 2 aromatic rings. The van der Waals surface area contributed by atoms with E-state index in [9.17, 15) is 13.2 Å². The summed E-state index contributed by atoms with van der Waals surface area (Å²) in [7, 11) is -3.57. The first-order valence-corrected chi connectivity index (χ1v) is 7.98. The minimum Gasteiger partial charge on any atom is -0.268 e. The van der Waals surface area contributed by atoms with E-state index >= 15 is 0 Å². The monoisotopic (exact) mass is 307 g/mol. The van der Waals surface area contributed by atoms with Crippen LogP contribution < -0.4 is 10.3 Å². The van der Waals surface area contributed by atoms with Gasteiger partial charge in [-0.15, -0.1) is 0 Å². The lowest BCUT2D eigenvalue weighted by Crippen LogP contribution is -2.32. The molecule has 0 bridgehead atoms. The maximum absolute atomic E-state index is 12.1. The molecule has 6 nitrogen and oxygen atoms in total. The fraction of sp³-hybridized carbons (Fsp3) is 0.286. The SMILES string of the molecule is Cc1cccc(S(=O)(=O)NCCn2nc(C)ccc2=O)c1. The number of nitrogens with one attached hydrogen (secondary N) is 1. The summed E-state index contributed by atoms with van der Waals surface area (Å²) in [4.78, 5) is 11.8. The van der Waals surface area contributed by atoms with E-state index < -0.39 is 10.0 Å². The first-order valence-electron chi connectivity index (χ1n) is 6.49. The number of hydrogen-bond donors (Lipinski definition) is 1. The van der Waals surface area contributed by atoms with E-state index in [1.165, 1.54) is 16.8 Å². The zero-order valence-corrected chi connectivity index (χ0v) is 12.7. The first kappa shape index (κ1) is 15.4. The van der Waals surface area contributed by atoms with Crippen LogP contribution in [0, 0.1) is 13.8 Å². The van der Waals surface area contributed by atoms with Gasteiger partial charge in [0.05, 0.1) is 17.1 Å². The van der Waals surface area contributed by atoms with Gasteiger partial charge in [-0.3, -0.25) is 4.79 Å². The lowest BCUT2D eigenvalue weighted by atomic mass is 10.2. The van der Waals surface area contributed by atoms with E-state index in [-0.39, 0.29) is 23.5 Å². The van der Waals surface area contributed by atoms with E-state index in [2.05, 4.69) is 9.82 Å². The third kappa shape index (κ3) is 3.99. The topological polar surface area (TPSA) is 81.1 Å². The van der Waals surface area contributed by atoms with Crippen LogP contribution in [-0.2, 0) is 16.6 Å². The third-order valence-electron chi connectivity index (χ3n) is 2.92. The van der Waals surface area contributed by atoms with Gasteiger partial charge in [0.25, 0.3) is 5.56 Å². The van der Waals surface area contributed by atoms with Crippen molar-refractivity contribution in [1.29, 1.82) is 0 Å². The maximum Gasteiger partial charge on any atom is 0.266 e. The van der Waals surface area contributed by atoms with Crippen molar-refractivity contribution in [3.05, 3.63) is 58.0 Å². The molecule has 1 N–H and O–H groups in total.